The van der Waals surface area contributed by atoms with Crippen LogP contribution in [0.1, 0.15) is 30.5 Å². The maximum absolute atomic E-state index is 13.7. The first-order valence-electron chi connectivity index (χ1n) is 5.66. The van der Waals surface area contributed by atoms with Gasteiger partial charge in [0.2, 0.25) is 0 Å². The van der Waals surface area contributed by atoms with E-state index in [1.54, 1.807) is 19.2 Å². The summed E-state index contributed by atoms with van der Waals surface area (Å²) in [6, 6.07) is 2.60. The normalized spacial score (nSPS) is 14.7. The van der Waals surface area contributed by atoms with E-state index in [0.29, 0.717) is 18.6 Å². The molecule has 0 aliphatic heterocycles. The summed E-state index contributed by atoms with van der Waals surface area (Å²) in [5, 5.41) is 0. The van der Waals surface area contributed by atoms with Crippen LogP contribution in [0.15, 0.2) is 12.1 Å². The molecule has 2 N–H and O–H groups in total. The first-order valence-corrected chi connectivity index (χ1v) is 5.66. The van der Waals surface area contributed by atoms with Crippen LogP contribution in [0.5, 0.6) is 0 Å². The lowest BCUT2D eigenvalue weighted by atomic mass is 9.96. The van der Waals surface area contributed by atoms with Gasteiger partial charge in [-0.05, 0) is 24.8 Å². The fourth-order valence-corrected chi connectivity index (χ4v) is 1.86. The highest BCUT2D eigenvalue weighted by Gasteiger charge is 2.18. The van der Waals surface area contributed by atoms with Gasteiger partial charge < -0.3 is 10.5 Å². The summed E-state index contributed by atoms with van der Waals surface area (Å²) in [6.45, 7) is 4.05. The molecule has 1 aromatic carbocycles. The standard InChI is InChI=1S/C13H19F2NO/c1-8(7-17-3)6-11(16)10-5-4-9(2)12(14)13(10)15/h4-5,8,11H,6-7,16H2,1-3H3. The largest absolute Gasteiger partial charge is 0.384 e. The van der Waals surface area contributed by atoms with E-state index < -0.39 is 17.7 Å². The van der Waals surface area contributed by atoms with Crippen LogP contribution in [0.2, 0.25) is 0 Å². The summed E-state index contributed by atoms with van der Waals surface area (Å²) in [5.74, 6) is -1.43. The highest BCUT2D eigenvalue weighted by Crippen LogP contribution is 2.24. The first-order chi connectivity index (χ1) is 7.97. The molecule has 1 aromatic rings. The van der Waals surface area contributed by atoms with Crippen molar-refractivity contribution >= 4 is 0 Å². The molecule has 0 bridgehead atoms. The molecule has 4 heteroatoms. The molecule has 2 atom stereocenters. The van der Waals surface area contributed by atoms with E-state index in [9.17, 15) is 8.78 Å². The number of ether oxygens (including phenoxy) is 1. The molecule has 17 heavy (non-hydrogen) atoms. The second-order valence-corrected chi connectivity index (χ2v) is 4.50. The quantitative estimate of drug-likeness (QED) is 0.863. The molecule has 2 unspecified atom stereocenters. The minimum absolute atomic E-state index is 0.207. The number of hydrogen-bond donors (Lipinski definition) is 1. The van der Waals surface area contributed by atoms with Crippen LogP contribution in [-0.4, -0.2) is 13.7 Å². The lowest BCUT2D eigenvalue weighted by Crippen LogP contribution is -2.18. The zero-order valence-corrected chi connectivity index (χ0v) is 10.5. The van der Waals surface area contributed by atoms with Gasteiger partial charge in [-0.15, -0.1) is 0 Å². The summed E-state index contributed by atoms with van der Waals surface area (Å²) in [5.41, 5.74) is 6.41. The number of rotatable bonds is 5. The maximum atomic E-state index is 13.7. The van der Waals surface area contributed by atoms with Crippen LogP contribution in [0, 0.1) is 24.5 Å². The van der Waals surface area contributed by atoms with Crippen molar-refractivity contribution in [2.24, 2.45) is 11.7 Å². The number of nitrogens with two attached hydrogens (primary N) is 1. The van der Waals surface area contributed by atoms with Crippen molar-refractivity contribution in [3.05, 3.63) is 34.9 Å². The van der Waals surface area contributed by atoms with Gasteiger partial charge in [0.25, 0.3) is 0 Å². The molecule has 0 amide bonds. The molecule has 2 nitrogen and oxygen atoms in total. The number of hydrogen-bond acceptors (Lipinski definition) is 2. The van der Waals surface area contributed by atoms with Crippen molar-refractivity contribution in [1.82, 2.24) is 0 Å². The van der Waals surface area contributed by atoms with E-state index >= 15 is 0 Å². The van der Waals surface area contributed by atoms with Crippen LogP contribution >= 0.6 is 0 Å². The molecule has 0 aliphatic rings. The molecule has 0 spiro atoms. The van der Waals surface area contributed by atoms with Gasteiger partial charge in [0, 0.05) is 25.3 Å². The smallest absolute Gasteiger partial charge is 0.163 e. The Bertz CT molecular complexity index is 382. The van der Waals surface area contributed by atoms with Crippen LogP contribution < -0.4 is 5.73 Å². The Kier molecular flexibility index (Phi) is 5.02. The molecule has 0 radical (unpaired) electrons. The Morgan fingerprint density at radius 2 is 1.94 bits per heavy atom. The Labute approximate surface area is 101 Å². The summed E-state index contributed by atoms with van der Waals surface area (Å²) >= 11 is 0. The molecular formula is C13H19F2NO. The minimum Gasteiger partial charge on any atom is -0.384 e. The average molecular weight is 243 g/mol. The third kappa shape index (κ3) is 3.48. The van der Waals surface area contributed by atoms with Crippen molar-refractivity contribution in [1.29, 1.82) is 0 Å². The monoisotopic (exact) mass is 243 g/mol. The topological polar surface area (TPSA) is 35.2 Å². The van der Waals surface area contributed by atoms with Gasteiger partial charge in [0.05, 0.1) is 0 Å². The predicted octanol–water partition coefficient (Wildman–Crippen LogP) is 2.95. The lowest BCUT2D eigenvalue weighted by Gasteiger charge is -2.18. The highest BCUT2D eigenvalue weighted by atomic mass is 19.2. The van der Waals surface area contributed by atoms with Gasteiger partial charge in [-0.3, -0.25) is 0 Å². The Hall–Kier alpha value is -1.00. The lowest BCUT2D eigenvalue weighted by molar-refractivity contribution is 0.152. The van der Waals surface area contributed by atoms with Crippen LogP contribution in [0.4, 0.5) is 8.78 Å². The predicted molar refractivity (Wildman–Crippen MR) is 63.7 cm³/mol. The number of benzene rings is 1. The second kappa shape index (κ2) is 6.07. The third-order valence-electron chi connectivity index (χ3n) is 2.81. The summed E-state index contributed by atoms with van der Waals surface area (Å²) in [6.07, 6.45) is 0.563. The Morgan fingerprint density at radius 1 is 1.29 bits per heavy atom. The van der Waals surface area contributed by atoms with Gasteiger partial charge >= 0.3 is 0 Å². The number of methoxy groups -OCH3 is 1. The molecule has 0 saturated heterocycles. The number of aryl methyl sites for hydroxylation is 1. The fraction of sp³-hybridized carbons (Fsp3) is 0.538. The summed E-state index contributed by atoms with van der Waals surface area (Å²) in [7, 11) is 1.61. The highest BCUT2D eigenvalue weighted by molar-refractivity contribution is 5.27. The molecule has 1 rings (SSSR count). The van der Waals surface area contributed by atoms with E-state index in [0.717, 1.165) is 0 Å². The zero-order valence-electron chi connectivity index (χ0n) is 10.5. The van der Waals surface area contributed by atoms with Gasteiger partial charge in [-0.1, -0.05) is 19.1 Å². The van der Waals surface area contributed by atoms with E-state index in [2.05, 4.69) is 0 Å². The first kappa shape index (κ1) is 14.1. The fourth-order valence-electron chi connectivity index (χ4n) is 1.86. The van der Waals surface area contributed by atoms with E-state index in [1.807, 2.05) is 6.92 Å². The van der Waals surface area contributed by atoms with Gasteiger partial charge in [0.15, 0.2) is 11.6 Å². The molecular weight excluding hydrogens is 224 g/mol. The van der Waals surface area contributed by atoms with E-state index in [1.165, 1.54) is 6.92 Å². The van der Waals surface area contributed by atoms with Gasteiger partial charge in [0.1, 0.15) is 0 Å². The van der Waals surface area contributed by atoms with Crippen molar-refractivity contribution in [2.75, 3.05) is 13.7 Å². The van der Waals surface area contributed by atoms with E-state index in [4.69, 9.17) is 10.5 Å². The molecule has 0 aliphatic carbocycles. The van der Waals surface area contributed by atoms with Gasteiger partial charge in [-0.25, -0.2) is 8.78 Å². The molecule has 96 valence electrons. The molecule has 0 fully saturated rings. The third-order valence-corrected chi connectivity index (χ3v) is 2.81. The average Bonchev–Trinajstić information content (AvgIpc) is 2.26. The SMILES string of the molecule is COCC(C)CC(N)c1ccc(C)c(F)c1F. The summed E-state index contributed by atoms with van der Waals surface area (Å²) < 4.78 is 32.0. The van der Waals surface area contributed by atoms with Crippen LogP contribution in [0.3, 0.4) is 0 Å². The zero-order chi connectivity index (χ0) is 13.0. The maximum Gasteiger partial charge on any atom is 0.163 e. The van der Waals surface area contributed by atoms with E-state index in [-0.39, 0.29) is 11.5 Å². The van der Waals surface area contributed by atoms with Crippen LogP contribution in [-0.2, 0) is 4.74 Å². The Balaban J connectivity index is 2.82. The Morgan fingerprint density at radius 3 is 2.53 bits per heavy atom. The summed E-state index contributed by atoms with van der Waals surface area (Å²) in [4.78, 5) is 0. The second-order valence-electron chi connectivity index (χ2n) is 4.50. The molecule has 0 saturated carbocycles. The van der Waals surface area contributed by atoms with Crippen molar-refractivity contribution < 1.29 is 13.5 Å². The van der Waals surface area contributed by atoms with Gasteiger partial charge in [-0.2, -0.15) is 0 Å². The van der Waals surface area contributed by atoms with Crippen molar-refractivity contribution in [2.45, 2.75) is 26.3 Å². The molecule has 0 aromatic heterocycles. The minimum atomic E-state index is -0.831. The molecule has 0 heterocycles. The number of halogens is 2. The van der Waals surface area contributed by atoms with Crippen LogP contribution in [0.25, 0.3) is 0 Å². The van der Waals surface area contributed by atoms with Crippen molar-refractivity contribution in [3.63, 3.8) is 0 Å². The van der Waals surface area contributed by atoms with Crippen molar-refractivity contribution in [3.8, 4) is 0 Å².